The molecule has 0 fully saturated rings. The van der Waals surface area contributed by atoms with Gasteiger partial charge in [-0.15, -0.1) is 0 Å². The zero-order valence-electron chi connectivity index (χ0n) is 5.57. The quantitative estimate of drug-likeness (QED) is 0.574. The van der Waals surface area contributed by atoms with Crippen molar-refractivity contribution in [2.75, 3.05) is 0 Å². The third kappa shape index (κ3) is 2.19. The molecule has 1 aromatic heterocycles. The predicted octanol–water partition coefficient (Wildman–Crippen LogP) is 3.37. The van der Waals surface area contributed by atoms with Crippen molar-refractivity contribution in [1.82, 2.24) is 4.98 Å². The normalized spacial score (nSPS) is 11.7. The Bertz CT molecular complexity index is 343. The first-order valence-electron chi connectivity index (χ1n) is 2.87. The third-order valence-electron chi connectivity index (χ3n) is 1.17. The van der Waals surface area contributed by atoms with Gasteiger partial charge < -0.3 is 4.98 Å². The summed E-state index contributed by atoms with van der Waals surface area (Å²) in [5, 5.41) is 0. The first-order valence-corrected chi connectivity index (χ1v) is 4.36. The van der Waals surface area contributed by atoms with Crippen molar-refractivity contribution in [2.45, 2.75) is 6.18 Å². The summed E-state index contributed by atoms with van der Waals surface area (Å²) >= 11 is 6.51. The SMILES string of the molecule is FC(F)(F)c1ccc(I)c(=S)[nH]1. The lowest BCUT2D eigenvalue weighted by Crippen LogP contribution is -2.07. The molecule has 0 aromatic carbocycles. The summed E-state index contributed by atoms with van der Waals surface area (Å²) in [5.41, 5.74) is -0.812. The minimum absolute atomic E-state index is 0.116. The largest absolute Gasteiger partial charge is 0.431 e. The Morgan fingerprint density at radius 1 is 1.33 bits per heavy atom. The molecular weight excluding hydrogens is 302 g/mol. The first kappa shape index (κ1) is 9.97. The maximum atomic E-state index is 12.0. The fourth-order valence-electron chi connectivity index (χ4n) is 0.621. The van der Waals surface area contributed by atoms with Gasteiger partial charge in [0.05, 0.1) is 0 Å². The number of halogens is 4. The van der Waals surface area contributed by atoms with Crippen LogP contribution in [-0.4, -0.2) is 4.98 Å². The molecule has 0 aliphatic rings. The van der Waals surface area contributed by atoms with Gasteiger partial charge in [-0.25, -0.2) is 0 Å². The van der Waals surface area contributed by atoms with Crippen molar-refractivity contribution in [3.05, 3.63) is 26.0 Å². The Morgan fingerprint density at radius 2 is 1.92 bits per heavy atom. The number of hydrogen-bond donors (Lipinski definition) is 1. The second kappa shape index (κ2) is 3.33. The van der Waals surface area contributed by atoms with E-state index in [-0.39, 0.29) is 4.64 Å². The second-order valence-corrected chi connectivity index (χ2v) is 3.62. The number of alkyl halides is 3. The lowest BCUT2D eigenvalue weighted by molar-refractivity contribution is -0.141. The highest BCUT2D eigenvalue weighted by Gasteiger charge is 2.31. The molecule has 1 heterocycles. The topological polar surface area (TPSA) is 15.8 Å². The first-order chi connectivity index (χ1) is 5.41. The summed E-state index contributed by atoms with van der Waals surface area (Å²) in [6, 6.07) is 2.31. The molecule has 0 unspecified atom stereocenters. The van der Waals surface area contributed by atoms with E-state index in [9.17, 15) is 13.2 Å². The van der Waals surface area contributed by atoms with E-state index in [0.29, 0.717) is 3.57 Å². The van der Waals surface area contributed by atoms with Crippen LogP contribution in [0.5, 0.6) is 0 Å². The molecule has 1 nitrogen and oxygen atoms in total. The Labute approximate surface area is 85.1 Å². The molecule has 1 rings (SSSR count). The number of rotatable bonds is 0. The highest BCUT2D eigenvalue weighted by Crippen LogP contribution is 2.27. The summed E-state index contributed by atoms with van der Waals surface area (Å²) in [7, 11) is 0. The van der Waals surface area contributed by atoms with Crippen molar-refractivity contribution in [3.63, 3.8) is 0 Å². The van der Waals surface area contributed by atoms with Gasteiger partial charge in [0.1, 0.15) is 10.3 Å². The van der Waals surface area contributed by atoms with E-state index in [4.69, 9.17) is 0 Å². The van der Waals surface area contributed by atoms with Gasteiger partial charge in [0.15, 0.2) is 0 Å². The van der Waals surface area contributed by atoms with Crippen LogP contribution in [0.1, 0.15) is 5.69 Å². The smallest absolute Gasteiger partial charge is 0.342 e. The highest BCUT2D eigenvalue weighted by atomic mass is 127. The summed E-state index contributed by atoms with van der Waals surface area (Å²) in [4.78, 5) is 2.10. The van der Waals surface area contributed by atoms with Crippen LogP contribution in [-0.2, 0) is 6.18 Å². The molecule has 0 aliphatic carbocycles. The Hall–Kier alpha value is -0.110. The van der Waals surface area contributed by atoms with Crippen LogP contribution < -0.4 is 0 Å². The van der Waals surface area contributed by atoms with E-state index < -0.39 is 11.9 Å². The maximum Gasteiger partial charge on any atom is 0.431 e. The summed E-state index contributed by atoms with van der Waals surface area (Å²) < 4.78 is 36.8. The molecule has 0 amide bonds. The van der Waals surface area contributed by atoms with Gasteiger partial charge in [-0.2, -0.15) is 13.2 Å². The van der Waals surface area contributed by atoms with Crippen LogP contribution in [0.2, 0.25) is 0 Å². The molecule has 1 aromatic rings. The van der Waals surface area contributed by atoms with Crippen molar-refractivity contribution in [2.24, 2.45) is 0 Å². The standard InChI is InChI=1S/C6H3F3INS/c7-6(8,9)4-2-1-3(10)5(12)11-4/h1-2H,(H,11,12). The number of nitrogens with one attached hydrogen (secondary N) is 1. The van der Waals surface area contributed by atoms with Gasteiger partial charge >= 0.3 is 6.18 Å². The molecule has 6 heteroatoms. The second-order valence-electron chi connectivity index (χ2n) is 2.05. The molecule has 0 spiro atoms. The molecule has 12 heavy (non-hydrogen) atoms. The molecule has 66 valence electrons. The van der Waals surface area contributed by atoms with Crippen molar-refractivity contribution < 1.29 is 13.2 Å². The third-order valence-corrected chi connectivity index (χ3v) is 2.75. The van der Waals surface area contributed by atoms with Gasteiger partial charge in [0.25, 0.3) is 0 Å². The van der Waals surface area contributed by atoms with Gasteiger partial charge in [-0.05, 0) is 34.7 Å². The average Bonchev–Trinajstić information content (AvgIpc) is 1.92. The Morgan fingerprint density at radius 3 is 2.33 bits per heavy atom. The van der Waals surface area contributed by atoms with Crippen LogP contribution in [0.15, 0.2) is 12.1 Å². The van der Waals surface area contributed by atoms with Gasteiger partial charge in [-0.1, -0.05) is 12.2 Å². The van der Waals surface area contributed by atoms with E-state index in [1.165, 1.54) is 6.07 Å². The van der Waals surface area contributed by atoms with E-state index in [2.05, 4.69) is 17.2 Å². The summed E-state index contributed by atoms with van der Waals surface area (Å²) in [5.74, 6) is 0. The molecule has 0 saturated carbocycles. The van der Waals surface area contributed by atoms with Crippen LogP contribution in [0.25, 0.3) is 0 Å². The van der Waals surface area contributed by atoms with Crippen LogP contribution in [0.4, 0.5) is 13.2 Å². The molecule has 0 aliphatic heterocycles. The van der Waals surface area contributed by atoms with Crippen LogP contribution in [0.3, 0.4) is 0 Å². The van der Waals surface area contributed by atoms with Gasteiger partial charge in [-0.3, -0.25) is 0 Å². The van der Waals surface area contributed by atoms with Crippen molar-refractivity contribution >= 4 is 34.8 Å². The number of aromatic amines is 1. The lowest BCUT2D eigenvalue weighted by atomic mass is 10.3. The van der Waals surface area contributed by atoms with Crippen LogP contribution >= 0.6 is 34.8 Å². The number of pyridine rings is 1. The van der Waals surface area contributed by atoms with Crippen LogP contribution in [0, 0.1) is 8.21 Å². The van der Waals surface area contributed by atoms with E-state index in [0.717, 1.165) is 6.07 Å². The van der Waals surface area contributed by atoms with E-state index in [1.807, 2.05) is 22.6 Å². The molecule has 0 radical (unpaired) electrons. The zero-order chi connectivity index (χ0) is 9.35. The van der Waals surface area contributed by atoms with Crippen molar-refractivity contribution in [1.29, 1.82) is 0 Å². The number of hydrogen-bond acceptors (Lipinski definition) is 1. The Balaban J connectivity index is 3.23. The van der Waals surface area contributed by atoms with Gasteiger partial charge in [0, 0.05) is 3.57 Å². The average molecular weight is 305 g/mol. The summed E-state index contributed by atoms with van der Waals surface area (Å²) in [6.07, 6.45) is -4.35. The number of H-pyrrole nitrogens is 1. The minimum Gasteiger partial charge on any atom is -0.342 e. The van der Waals surface area contributed by atoms with Gasteiger partial charge in [0.2, 0.25) is 0 Å². The van der Waals surface area contributed by atoms with E-state index >= 15 is 0 Å². The Kier molecular flexibility index (Phi) is 2.77. The fraction of sp³-hybridized carbons (Fsp3) is 0.167. The monoisotopic (exact) mass is 305 g/mol. The molecule has 1 N–H and O–H groups in total. The zero-order valence-corrected chi connectivity index (χ0v) is 8.55. The molecule has 0 bridgehead atoms. The minimum atomic E-state index is -4.35. The fourth-order valence-corrected chi connectivity index (χ4v) is 1.11. The summed E-state index contributed by atoms with van der Waals surface area (Å²) in [6.45, 7) is 0. The number of aromatic nitrogens is 1. The molecule has 0 saturated heterocycles. The predicted molar refractivity (Wildman–Crippen MR) is 49.3 cm³/mol. The highest BCUT2D eigenvalue weighted by molar-refractivity contribution is 14.1. The van der Waals surface area contributed by atoms with Crippen molar-refractivity contribution in [3.8, 4) is 0 Å². The lowest BCUT2D eigenvalue weighted by Gasteiger charge is -2.05. The molecular formula is C6H3F3INS. The van der Waals surface area contributed by atoms with E-state index in [1.54, 1.807) is 0 Å². The maximum absolute atomic E-state index is 12.0. The molecule has 0 atom stereocenters.